The number of rotatable bonds is 6. The van der Waals surface area contributed by atoms with Gasteiger partial charge in [0.15, 0.2) is 0 Å². The van der Waals surface area contributed by atoms with Gasteiger partial charge in [-0.15, -0.1) is 0 Å². The minimum Gasteiger partial charge on any atom is -0.0914 e. The van der Waals surface area contributed by atoms with E-state index in [0.717, 1.165) is 45.9 Å². The molecule has 4 aromatic carbocycles. The molecule has 0 radical (unpaired) electrons. The van der Waals surface area contributed by atoms with Crippen LogP contribution in [0.1, 0.15) is 125 Å². The molecule has 2 saturated carbocycles. The molecule has 0 aromatic heterocycles. The van der Waals surface area contributed by atoms with E-state index >= 15 is 0 Å². The van der Waals surface area contributed by atoms with E-state index in [1.54, 1.807) is 0 Å². The Bertz CT molecular complexity index is 1770. The van der Waals surface area contributed by atoms with Crippen LogP contribution in [-0.2, 0) is 6.42 Å². The van der Waals surface area contributed by atoms with Gasteiger partial charge >= 0.3 is 0 Å². The van der Waals surface area contributed by atoms with Gasteiger partial charge in [-0.1, -0.05) is 108 Å². The summed E-state index contributed by atoms with van der Waals surface area (Å²) in [5.41, 5.74) is 9.82. The Kier molecular flexibility index (Phi) is 14.4. The zero-order valence-electron chi connectivity index (χ0n) is 30.9. The summed E-state index contributed by atoms with van der Waals surface area (Å²) in [6, 6.07) is 34.5. The van der Waals surface area contributed by atoms with Gasteiger partial charge in [-0.3, -0.25) is 0 Å². The molecule has 0 unspecified atom stereocenters. The summed E-state index contributed by atoms with van der Waals surface area (Å²) in [4.78, 5) is 0. The molecule has 0 amide bonds. The number of hydrogen-bond donors (Lipinski definition) is 0. The average Bonchev–Trinajstić information content (AvgIpc) is 3.16. The number of allylic oxidation sites excluding steroid dienone is 4. The summed E-state index contributed by atoms with van der Waals surface area (Å²) in [6.45, 7) is 8.47. The van der Waals surface area contributed by atoms with Crippen LogP contribution in [0, 0.1) is 55.3 Å². The molecular weight excluding hydrogens is 601 g/mol. The van der Waals surface area contributed by atoms with Gasteiger partial charge in [-0.2, -0.15) is 0 Å². The van der Waals surface area contributed by atoms with Crippen molar-refractivity contribution >= 4 is 0 Å². The van der Waals surface area contributed by atoms with Gasteiger partial charge in [0.05, 0.1) is 0 Å². The Morgan fingerprint density at radius 3 is 1.30 bits per heavy atom. The second-order valence-electron chi connectivity index (χ2n) is 14.5. The highest BCUT2D eigenvalue weighted by atomic mass is 14.3. The average molecular weight is 661 g/mol. The lowest BCUT2D eigenvalue weighted by atomic mass is 9.78. The van der Waals surface area contributed by atoms with Crippen LogP contribution in [0.2, 0.25) is 0 Å². The van der Waals surface area contributed by atoms with E-state index in [4.69, 9.17) is 0 Å². The molecule has 0 heterocycles. The lowest BCUT2D eigenvalue weighted by Crippen LogP contribution is -2.13. The Labute approximate surface area is 307 Å². The van der Waals surface area contributed by atoms with Crippen LogP contribution in [0.15, 0.2) is 121 Å². The van der Waals surface area contributed by atoms with Crippen molar-refractivity contribution in [1.29, 1.82) is 0 Å². The van der Waals surface area contributed by atoms with Crippen LogP contribution in [0.5, 0.6) is 0 Å². The molecule has 260 valence electrons. The molecule has 4 aromatic rings. The summed E-state index contributed by atoms with van der Waals surface area (Å²) in [5, 5.41) is 0. The molecule has 0 aliphatic heterocycles. The van der Waals surface area contributed by atoms with Crippen molar-refractivity contribution in [2.75, 3.05) is 0 Å². The summed E-state index contributed by atoms with van der Waals surface area (Å²) in [7, 11) is 0. The maximum atomic E-state index is 3.28. The first kappa shape index (κ1) is 36.8. The molecule has 50 heavy (non-hydrogen) atoms. The second-order valence-corrected chi connectivity index (χ2v) is 14.5. The Morgan fingerprint density at radius 2 is 0.880 bits per heavy atom. The molecule has 0 nitrogen and oxygen atoms in total. The third kappa shape index (κ3) is 12.1. The zero-order chi connectivity index (χ0) is 35.0. The van der Waals surface area contributed by atoms with Crippen molar-refractivity contribution < 1.29 is 2.85 Å². The van der Waals surface area contributed by atoms with Crippen molar-refractivity contribution in [3.8, 4) is 23.7 Å². The fraction of sp³-hybridized carbons (Fsp3) is 0.360. The summed E-state index contributed by atoms with van der Waals surface area (Å²) < 4.78 is 0. The Balaban J connectivity index is 0.000000271. The minimum atomic E-state index is 0. The number of hydrogen-bond acceptors (Lipinski definition) is 0. The fourth-order valence-corrected chi connectivity index (χ4v) is 7.39. The number of benzene rings is 4. The van der Waals surface area contributed by atoms with Crippen LogP contribution >= 0.6 is 0 Å². The van der Waals surface area contributed by atoms with Gasteiger partial charge in [0.1, 0.15) is 0 Å². The van der Waals surface area contributed by atoms with E-state index in [9.17, 15) is 0 Å². The molecule has 0 heteroatoms. The normalized spacial score (nSPS) is 20.2. The van der Waals surface area contributed by atoms with E-state index in [-0.39, 0.29) is 2.85 Å². The Morgan fingerprint density at radius 1 is 0.500 bits per heavy atom. The third-order valence-corrected chi connectivity index (χ3v) is 10.6. The lowest BCUT2D eigenvalue weighted by Gasteiger charge is -2.27. The monoisotopic (exact) mass is 660 g/mol. The molecule has 0 atom stereocenters. The SMILES string of the molecule is C/C=C/C1CCC(CCc2ccc(C#Cc3ccc(C)cc3)cc2)CC1.C/C=C/C1CCC(c2ccc(C#Cc3ccc(C)cc3)cc2)CC1.[HH].[HH]. The second kappa shape index (κ2) is 19.6. The first-order valence-electron chi connectivity index (χ1n) is 19.1. The topological polar surface area (TPSA) is 0 Å². The predicted octanol–water partition coefficient (Wildman–Crippen LogP) is 13.4. The van der Waals surface area contributed by atoms with Crippen molar-refractivity contribution in [2.24, 2.45) is 17.8 Å². The molecular formula is C50H60. The van der Waals surface area contributed by atoms with Crippen LogP contribution in [-0.4, -0.2) is 0 Å². The quantitative estimate of drug-likeness (QED) is 0.143. The van der Waals surface area contributed by atoms with Gasteiger partial charge in [-0.25, -0.2) is 0 Å². The van der Waals surface area contributed by atoms with Crippen LogP contribution in [0.4, 0.5) is 0 Å². The first-order chi connectivity index (χ1) is 24.5. The molecule has 0 saturated heterocycles. The molecule has 2 aliphatic carbocycles. The van der Waals surface area contributed by atoms with Gasteiger partial charge in [0.25, 0.3) is 0 Å². The highest BCUT2D eigenvalue weighted by Gasteiger charge is 2.21. The summed E-state index contributed by atoms with van der Waals surface area (Å²) in [5.74, 6) is 16.3. The Hall–Kier alpha value is -4.52. The zero-order valence-corrected chi connectivity index (χ0v) is 30.9. The smallest absolute Gasteiger partial charge is 0.0249 e. The van der Waals surface area contributed by atoms with Gasteiger partial charge in [0.2, 0.25) is 0 Å². The maximum absolute atomic E-state index is 3.28. The van der Waals surface area contributed by atoms with Gasteiger partial charge < -0.3 is 0 Å². The van der Waals surface area contributed by atoms with E-state index in [1.165, 1.54) is 86.5 Å². The first-order valence-corrected chi connectivity index (χ1v) is 19.1. The van der Waals surface area contributed by atoms with Crippen molar-refractivity contribution in [3.05, 3.63) is 166 Å². The third-order valence-electron chi connectivity index (χ3n) is 10.6. The van der Waals surface area contributed by atoms with E-state index in [2.05, 4.69) is 173 Å². The highest BCUT2D eigenvalue weighted by molar-refractivity contribution is 5.45. The lowest BCUT2D eigenvalue weighted by molar-refractivity contribution is 0.296. The molecule has 0 bridgehead atoms. The van der Waals surface area contributed by atoms with E-state index in [1.807, 2.05) is 0 Å². The molecule has 0 N–H and O–H groups in total. The largest absolute Gasteiger partial charge is 0.0914 e. The predicted molar refractivity (Wildman–Crippen MR) is 220 cm³/mol. The van der Waals surface area contributed by atoms with E-state index in [0.29, 0.717) is 0 Å². The van der Waals surface area contributed by atoms with Crippen LogP contribution in [0.3, 0.4) is 0 Å². The molecule has 0 spiro atoms. The van der Waals surface area contributed by atoms with Gasteiger partial charge in [0, 0.05) is 25.1 Å². The summed E-state index contributed by atoms with van der Waals surface area (Å²) >= 11 is 0. The minimum absolute atomic E-state index is 0. The number of aryl methyl sites for hydroxylation is 3. The highest BCUT2D eigenvalue weighted by Crippen LogP contribution is 2.36. The maximum Gasteiger partial charge on any atom is 0.0249 e. The van der Waals surface area contributed by atoms with Gasteiger partial charge in [-0.05, 0) is 175 Å². The molecule has 2 aliphatic rings. The van der Waals surface area contributed by atoms with Crippen LogP contribution < -0.4 is 0 Å². The summed E-state index contributed by atoms with van der Waals surface area (Å²) in [6.07, 6.45) is 22.5. The van der Waals surface area contributed by atoms with E-state index < -0.39 is 0 Å². The fourth-order valence-electron chi connectivity index (χ4n) is 7.39. The van der Waals surface area contributed by atoms with Crippen molar-refractivity contribution in [3.63, 3.8) is 0 Å². The molecule has 2 fully saturated rings. The van der Waals surface area contributed by atoms with Crippen LogP contribution in [0.25, 0.3) is 0 Å². The van der Waals surface area contributed by atoms with Crippen molar-refractivity contribution in [1.82, 2.24) is 0 Å². The van der Waals surface area contributed by atoms with Crippen molar-refractivity contribution in [2.45, 2.75) is 97.8 Å². The molecule has 6 rings (SSSR count). The standard InChI is InChI=1S/C26H30.C24H26.2H2/c1-3-4-22-9-11-24(12-10-22)15-16-26-19-17-25(18-20-26)14-13-23-7-5-21(2)6-8-23;1-3-4-20-11-15-23(16-12-20)24-17-13-22(14-18-24)10-9-21-7-5-19(2)6-8-21;;/h3-8,17-20,22,24H,9-12,15-16H2,1-2H3;3-8,13-14,17-18,20,23H,11-12,15-16H2,1-2H3;2*1H/b2*4-3+;;.